The van der Waals surface area contributed by atoms with Crippen molar-refractivity contribution in [2.75, 3.05) is 0 Å². The molecule has 1 aromatic carbocycles. The van der Waals surface area contributed by atoms with Gasteiger partial charge in [-0.3, -0.25) is 20.4 Å². The molecule has 164 valence electrons. The fourth-order valence-electron chi connectivity index (χ4n) is 5.82. The van der Waals surface area contributed by atoms with Crippen molar-refractivity contribution in [3.63, 3.8) is 0 Å². The van der Waals surface area contributed by atoms with E-state index in [1.165, 1.54) is 17.7 Å². The maximum atomic E-state index is 13.2. The van der Waals surface area contributed by atoms with Crippen LogP contribution in [0, 0.1) is 30.5 Å². The van der Waals surface area contributed by atoms with Gasteiger partial charge >= 0.3 is 0 Å². The Bertz CT molecular complexity index is 953. The van der Waals surface area contributed by atoms with Crippen LogP contribution in [0.4, 0.5) is 4.39 Å². The number of fused-ring (bicyclic) bond motifs is 2. The molecule has 3 heterocycles. The van der Waals surface area contributed by atoms with E-state index in [1.807, 2.05) is 13.1 Å². The van der Waals surface area contributed by atoms with E-state index < -0.39 is 0 Å². The number of amides is 1. The molecule has 2 aromatic rings. The predicted octanol–water partition coefficient (Wildman–Crippen LogP) is 3.31. The third-order valence-electron chi connectivity index (χ3n) is 7.43. The molecular formula is C24H29FN4O2. The number of benzene rings is 1. The van der Waals surface area contributed by atoms with Crippen molar-refractivity contribution in [1.82, 2.24) is 20.9 Å². The largest absolute Gasteiger partial charge is 0.286 e. The minimum absolute atomic E-state index is 0.167. The Morgan fingerprint density at radius 1 is 1.16 bits per heavy atom. The van der Waals surface area contributed by atoms with Gasteiger partial charge in [-0.2, -0.15) is 0 Å². The molecule has 2 saturated heterocycles. The summed E-state index contributed by atoms with van der Waals surface area (Å²) >= 11 is 0. The van der Waals surface area contributed by atoms with Crippen LogP contribution < -0.4 is 10.9 Å². The van der Waals surface area contributed by atoms with E-state index in [9.17, 15) is 14.4 Å². The first-order chi connectivity index (χ1) is 15.0. The topological polar surface area (TPSA) is 77.5 Å². The maximum Gasteiger partial charge on any atom is 0.249 e. The van der Waals surface area contributed by atoms with Gasteiger partial charge in [0.1, 0.15) is 5.82 Å². The van der Waals surface area contributed by atoms with Crippen molar-refractivity contribution in [3.8, 4) is 0 Å². The number of hydroxylamine groups is 2. The van der Waals surface area contributed by atoms with Gasteiger partial charge in [0.15, 0.2) is 0 Å². The normalized spacial score (nSPS) is 33.0. The van der Waals surface area contributed by atoms with Crippen LogP contribution in [0.15, 0.2) is 42.6 Å². The van der Waals surface area contributed by atoms with E-state index in [-0.39, 0.29) is 41.7 Å². The molecule has 3 aliphatic rings. The van der Waals surface area contributed by atoms with Crippen LogP contribution in [-0.2, 0) is 11.2 Å². The van der Waals surface area contributed by atoms with Crippen LogP contribution in [-0.4, -0.2) is 33.2 Å². The lowest BCUT2D eigenvalue weighted by Gasteiger charge is -2.41. The molecule has 6 unspecified atom stereocenters. The van der Waals surface area contributed by atoms with Gasteiger partial charge in [-0.15, -0.1) is 0 Å². The first-order valence-corrected chi connectivity index (χ1v) is 11.2. The number of carbonyl (C=O) groups excluding carboxylic acids is 1. The molecule has 0 bridgehead atoms. The molecule has 1 amide bonds. The number of nitrogens with one attached hydrogen (secondary N) is 2. The van der Waals surface area contributed by atoms with E-state index in [0.29, 0.717) is 12.3 Å². The maximum absolute atomic E-state index is 13.2. The number of hydrogen-bond donors (Lipinski definition) is 3. The smallest absolute Gasteiger partial charge is 0.249 e. The molecule has 5 rings (SSSR count). The van der Waals surface area contributed by atoms with Crippen molar-refractivity contribution in [1.29, 1.82) is 0 Å². The zero-order valence-electron chi connectivity index (χ0n) is 17.7. The highest BCUT2D eigenvalue weighted by molar-refractivity contribution is 5.78. The number of hydrogen-bond acceptors (Lipinski definition) is 5. The lowest BCUT2D eigenvalue weighted by atomic mass is 9.71. The van der Waals surface area contributed by atoms with E-state index >= 15 is 0 Å². The average molecular weight is 425 g/mol. The molecule has 6 nitrogen and oxygen atoms in total. The van der Waals surface area contributed by atoms with E-state index in [0.717, 1.165) is 42.0 Å². The first kappa shape index (κ1) is 20.5. The highest BCUT2D eigenvalue weighted by Crippen LogP contribution is 2.45. The minimum atomic E-state index is -0.280. The van der Waals surface area contributed by atoms with Gasteiger partial charge in [-0.1, -0.05) is 12.1 Å². The molecule has 1 aliphatic carbocycles. The lowest BCUT2D eigenvalue weighted by Crippen LogP contribution is -2.50. The summed E-state index contributed by atoms with van der Waals surface area (Å²) in [5.41, 5.74) is 10.0. The fraction of sp³-hybridized carbons (Fsp3) is 0.500. The van der Waals surface area contributed by atoms with Gasteiger partial charge in [-0.25, -0.2) is 14.9 Å². The Hall–Kier alpha value is -2.35. The Morgan fingerprint density at radius 2 is 1.97 bits per heavy atom. The number of carbonyl (C=O) groups is 1. The SMILES string of the molecule is Cc1cc(C2NNC3CC4C(CCC(Cc5ccc(F)cc5)C(=O)N4O)CC32)ccn1. The van der Waals surface area contributed by atoms with Crippen molar-refractivity contribution >= 4 is 5.91 Å². The number of aromatic nitrogens is 1. The van der Waals surface area contributed by atoms with Gasteiger partial charge in [-0.05, 0) is 86.3 Å². The predicted molar refractivity (Wildman–Crippen MR) is 113 cm³/mol. The zero-order valence-corrected chi connectivity index (χ0v) is 17.7. The Balaban J connectivity index is 1.32. The summed E-state index contributed by atoms with van der Waals surface area (Å²) < 4.78 is 13.2. The fourth-order valence-corrected chi connectivity index (χ4v) is 5.82. The molecule has 6 atom stereocenters. The molecule has 3 N–H and O–H groups in total. The van der Waals surface area contributed by atoms with Crippen LogP contribution in [0.25, 0.3) is 0 Å². The molecular weight excluding hydrogens is 395 g/mol. The number of pyridine rings is 1. The second-order valence-electron chi connectivity index (χ2n) is 9.35. The second kappa shape index (κ2) is 8.30. The number of aryl methyl sites for hydroxylation is 1. The lowest BCUT2D eigenvalue weighted by molar-refractivity contribution is -0.186. The van der Waals surface area contributed by atoms with Crippen LogP contribution in [0.5, 0.6) is 0 Å². The highest BCUT2D eigenvalue weighted by atomic mass is 19.1. The molecule has 0 spiro atoms. The summed E-state index contributed by atoms with van der Waals surface area (Å²) in [4.78, 5) is 17.4. The van der Waals surface area contributed by atoms with Gasteiger partial charge in [0, 0.05) is 23.9 Å². The summed E-state index contributed by atoms with van der Waals surface area (Å²) in [6.45, 7) is 2.00. The summed E-state index contributed by atoms with van der Waals surface area (Å²) in [5.74, 6) is -0.0914. The molecule has 7 heteroatoms. The van der Waals surface area contributed by atoms with E-state index in [2.05, 4.69) is 28.0 Å². The molecule has 1 saturated carbocycles. The summed E-state index contributed by atoms with van der Waals surface area (Å²) in [6.07, 6.45) is 5.71. The van der Waals surface area contributed by atoms with Gasteiger partial charge in [0.2, 0.25) is 5.91 Å². The Labute approximate surface area is 181 Å². The van der Waals surface area contributed by atoms with Crippen LogP contribution in [0.3, 0.4) is 0 Å². The monoisotopic (exact) mass is 424 g/mol. The molecule has 31 heavy (non-hydrogen) atoms. The van der Waals surface area contributed by atoms with Gasteiger partial charge in [0.25, 0.3) is 0 Å². The van der Waals surface area contributed by atoms with Crippen LogP contribution >= 0.6 is 0 Å². The molecule has 0 radical (unpaired) electrons. The summed E-state index contributed by atoms with van der Waals surface area (Å²) in [7, 11) is 0. The zero-order chi connectivity index (χ0) is 21.5. The number of nitrogens with zero attached hydrogens (tertiary/aromatic N) is 2. The third kappa shape index (κ3) is 3.97. The first-order valence-electron chi connectivity index (χ1n) is 11.2. The van der Waals surface area contributed by atoms with Gasteiger partial charge < -0.3 is 0 Å². The van der Waals surface area contributed by atoms with Crippen molar-refractivity contribution in [2.24, 2.45) is 17.8 Å². The second-order valence-corrected chi connectivity index (χ2v) is 9.35. The Kier molecular flexibility index (Phi) is 5.50. The quantitative estimate of drug-likeness (QED) is 0.659. The number of halogens is 1. The summed E-state index contributed by atoms with van der Waals surface area (Å²) in [5, 5.41) is 11.9. The minimum Gasteiger partial charge on any atom is -0.286 e. The van der Waals surface area contributed by atoms with E-state index in [4.69, 9.17) is 0 Å². The third-order valence-corrected chi connectivity index (χ3v) is 7.43. The Morgan fingerprint density at radius 3 is 2.74 bits per heavy atom. The van der Waals surface area contributed by atoms with Crippen molar-refractivity contribution < 1.29 is 14.4 Å². The molecule has 3 fully saturated rings. The standard InChI is InChI=1S/C24H29FN4O2/c1-14-10-17(8-9-26-14)23-20-12-16-4-5-18(11-15-2-6-19(25)7-3-15)24(30)29(31)22(16)13-21(20)27-28-23/h2-3,6-10,16,18,20-23,27-28,31H,4-5,11-13H2,1H3. The van der Waals surface area contributed by atoms with Crippen molar-refractivity contribution in [2.45, 2.75) is 57.2 Å². The van der Waals surface area contributed by atoms with E-state index in [1.54, 1.807) is 12.1 Å². The van der Waals surface area contributed by atoms with Gasteiger partial charge in [0.05, 0.1) is 12.1 Å². The average Bonchev–Trinajstić information content (AvgIpc) is 3.14. The summed E-state index contributed by atoms with van der Waals surface area (Å²) in [6, 6.07) is 10.7. The number of hydrazine groups is 1. The van der Waals surface area contributed by atoms with Crippen LogP contribution in [0.1, 0.15) is 48.5 Å². The van der Waals surface area contributed by atoms with Crippen LogP contribution in [0.2, 0.25) is 0 Å². The number of rotatable bonds is 3. The highest BCUT2D eigenvalue weighted by Gasteiger charge is 2.49. The van der Waals surface area contributed by atoms with Crippen molar-refractivity contribution in [3.05, 3.63) is 65.2 Å². The molecule has 2 aliphatic heterocycles. The molecule has 1 aromatic heterocycles.